The third-order valence-corrected chi connectivity index (χ3v) is 5.00. The Labute approximate surface area is 162 Å². The Hall–Kier alpha value is -2.06. The van der Waals surface area contributed by atoms with Crippen LogP contribution in [-0.4, -0.2) is 45.5 Å². The predicted molar refractivity (Wildman–Crippen MR) is 106 cm³/mol. The van der Waals surface area contributed by atoms with E-state index in [0.717, 1.165) is 17.3 Å². The van der Waals surface area contributed by atoms with Gasteiger partial charge in [0.1, 0.15) is 10.4 Å². The highest BCUT2D eigenvalue weighted by Crippen LogP contribution is 2.36. The van der Waals surface area contributed by atoms with E-state index in [-0.39, 0.29) is 16.6 Å². The smallest absolute Gasteiger partial charge is 0.326 e. The maximum atomic E-state index is 12.6. The number of carboxylic acids is 1. The predicted octanol–water partition coefficient (Wildman–Crippen LogP) is 3.55. The Balaban J connectivity index is 2.32. The summed E-state index contributed by atoms with van der Waals surface area (Å²) in [4.78, 5) is 25.6. The van der Waals surface area contributed by atoms with Crippen molar-refractivity contribution in [3.05, 3.63) is 28.7 Å². The molecular formula is C18H21NO5S2. The molecule has 1 saturated heterocycles. The van der Waals surface area contributed by atoms with Crippen LogP contribution >= 0.6 is 24.0 Å². The van der Waals surface area contributed by atoms with Crippen LogP contribution in [0.4, 0.5) is 0 Å². The zero-order valence-electron chi connectivity index (χ0n) is 14.9. The van der Waals surface area contributed by atoms with Gasteiger partial charge >= 0.3 is 5.97 Å². The Morgan fingerprint density at radius 3 is 2.50 bits per heavy atom. The quantitative estimate of drug-likeness (QED) is 0.533. The third-order valence-electron chi connectivity index (χ3n) is 3.67. The lowest BCUT2D eigenvalue weighted by Gasteiger charge is -2.21. The number of rotatable bonds is 8. The number of nitrogens with zero attached hydrogens (tertiary/aromatic N) is 1. The summed E-state index contributed by atoms with van der Waals surface area (Å²) in [6.45, 7) is 6.49. The molecule has 8 heteroatoms. The lowest BCUT2D eigenvalue weighted by atomic mass is 10.1. The second-order valence-electron chi connectivity index (χ2n) is 5.39. The minimum absolute atomic E-state index is 0.256. The summed E-state index contributed by atoms with van der Waals surface area (Å²) in [6.07, 6.45) is 1.97. The molecule has 26 heavy (non-hydrogen) atoms. The Bertz CT molecular complexity index is 747. The van der Waals surface area contributed by atoms with Gasteiger partial charge in [0.05, 0.1) is 18.1 Å². The van der Waals surface area contributed by atoms with E-state index < -0.39 is 12.0 Å². The molecule has 0 saturated carbocycles. The summed E-state index contributed by atoms with van der Waals surface area (Å²) in [7, 11) is 0. The standard InChI is InChI=1S/C18H21NO5S2/c1-4-12(17(21)22)19-16(20)15(26-18(19)25)10-11-7-8-13(23-5-2)14(9-11)24-6-3/h7-10,12H,4-6H2,1-3H3,(H,21,22)/b15-10-. The first kappa shape index (κ1) is 20.3. The molecule has 6 nitrogen and oxygen atoms in total. The zero-order valence-corrected chi connectivity index (χ0v) is 16.5. The minimum atomic E-state index is -1.07. The van der Waals surface area contributed by atoms with Crippen molar-refractivity contribution in [2.24, 2.45) is 0 Å². The number of ether oxygens (including phenoxy) is 2. The molecule has 1 N–H and O–H groups in total. The molecule has 0 spiro atoms. The Morgan fingerprint density at radius 1 is 1.27 bits per heavy atom. The van der Waals surface area contributed by atoms with Crippen LogP contribution in [0.15, 0.2) is 23.1 Å². The molecular weight excluding hydrogens is 374 g/mol. The molecule has 1 aromatic rings. The second kappa shape index (κ2) is 9.05. The molecule has 1 atom stereocenters. The average Bonchev–Trinajstić information content (AvgIpc) is 2.86. The van der Waals surface area contributed by atoms with Crippen LogP contribution in [0.1, 0.15) is 32.8 Å². The summed E-state index contributed by atoms with van der Waals surface area (Å²) in [6, 6.07) is 4.43. The molecule has 1 fully saturated rings. The van der Waals surface area contributed by atoms with Crippen molar-refractivity contribution in [2.45, 2.75) is 33.2 Å². The van der Waals surface area contributed by atoms with Gasteiger partial charge in [-0.1, -0.05) is 37.0 Å². The number of thiocarbonyl (C=S) groups is 1. The molecule has 1 amide bonds. The van der Waals surface area contributed by atoms with E-state index in [4.69, 9.17) is 21.7 Å². The van der Waals surface area contributed by atoms with Crippen molar-refractivity contribution in [3.8, 4) is 11.5 Å². The molecule has 0 radical (unpaired) electrons. The zero-order chi connectivity index (χ0) is 19.3. The van der Waals surface area contributed by atoms with Gasteiger partial charge in [0.25, 0.3) is 5.91 Å². The van der Waals surface area contributed by atoms with Gasteiger partial charge in [-0.15, -0.1) is 0 Å². The van der Waals surface area contributed by atoms with E-state index in [9.17, 15) is 14.7 Å². The molecule has 1 aromatic carbocycles. The SMILES string of the molecule is CCOc1ccc(/C=C2\SC(=S)N(C(CC)C(=O)O)C2=O)cc1OCC. The Kier molecular flexibility index (Phi) is 7.05. The molecule has 0 aliphatic carbocycles. The molecule has 140 valence electrons. The van der Waals surface area contributed by atoms with Gasteiger partial charge in [-0.2, -0.15) is 0 Å². The van der Waals surface area contributed by atoms with E-state index in [0.29, 0.717) is 29.6 Å². The Morgan fingerprint density at radius 2 is 1.92 bits per heavy atom. The normalized spacial score (nSPS) is 16.9. The number of carboxylic acid groups (broad SMARTS) is 1. The second-order valence-corrected chi connectivity index (χ2v) is 7.06. The molecule has 1 heterocycles. The highest BCUT2D eigenvalue weighted by molar-refractivity contribution is 8.26. The molecule has 0 aromatic heterocycles. The van der Waals surface area contributed by atoms with Gasteiger partial charge in [-0.3, -0.25) is 9.69 Å². The van der Waals surface area contributed by atoms with Gasteiger partial charge in [-0.05, 0) is 44.0 Å². The number of thioether (sulfide) groups is 1. The first-order chi connectivity index (χ1) is 12.4. The van der Waals surface area contributed by atoms with E-state index in [2.05, 4.69) is 0 Å². The van der Waals surface area contributed by atoms with Crippen molar-refractivity contribution >= 4 is 46.3 Å². The maximum absolute atomic E-state index is 12.6. The minimum Gasteiger partial charge on any atom is -0.490 e. The summed E-state index contributed by atoms with van der Waals surface area (Å²) in [5.74, 6) is -0.225. The third kappa shape index (κ3) is 4.37. The molecule has 0 bridgehead atoms. The first-order valence-electron chi connectivity index (χ1n) is 8.32. The monoisotopic (exact) mass is 395 g/mol. The number of carbonyl (C=O) groups is 2. The van der Waals surface area contributed by atoms with Gasteiger partial charge in [-0.25, -0.2) is 4.79 Å². The van der Waals surface area contributed by atoms with Crippen molar-refractivity contribution in [2.75, 3.05) is 13.2 Å². The van der Waals surface area contributed by atoms with Gasteiger partial charge in [0, 0.05) is 0 Å². The number of hydrogen-bond acceptors (Lipinski definition) is 6. The van der Waals surface area contributed by atoms with Crippen molar-refractivity contribution in [3.63, 3.8) is 0 Å². The first-order valence-corrected chi connectivity index (χ1v) is 9.54. The van der Waals surface area contributed by atoms with Gasteiger partial charge in [0.2, 0.25) is 0 Å². The van der Waals surface area contributed by atoms with Crippen LogP contribution in [-0.2, 0) is 9.59 Å². The summed E-state index contributed by atoms with van der Waals surface area (Å²) >= 11 is 6.32. The highest BCUT2D eigenvalue weighted by Gasteiger charge is 2.39. The van der Waals surface area contributed by atoms with Crippen LogP contribution in [0, 0.1) is 0 Å². The fourth-order valence-corrected chi connectivity index (χ4v) is 3.88. The van der Waals surface area contributed by atoms with Crippen LogP contribution in [0.3, 0.4) is 0 Å². The maximum Gasteiger partial charge on any atom is 0.326 e. The van der Waals surface area contributed by atoms with Crippen LogP contribution in [0.2, 0.25) is 0 Å². The van der Waals surface area contributed by atoms with Crippen LogP contribution < -0.4 is 9.47 Å². The fourth-order valence-electron chi connectivity index (χ4n) is 2.52. The van der Waals surface area contributed by atoms with Gasteiger partial charge < -0.3 is 14.6 Å². The van der Waals surface area contributed by atoms with Crippen LogP contribution in [0.25, 0.3) is 6.08 Å². The van der Waals surface area contributed by atoms with Gasteiger partial charge in [0.15, 0.2) is 11.5 Å². The van der Waals surface area contributed by atoms with Crippen molar-refractivity contribution < 1.29 is 24.2 Å². The molecule has 1 aliphatic rings. The number of amides is 1. The molecule has 1 aliphatic heterocycles. The van der Waals surface area contributed by atoms with Crippen LogP contribution in [0.5, 0.6) is 11.5 Å². The average molecular weight is 396 g/mol. The van der Waals surface area contributed by atoms with E-state index >= 15 is 0 Å². The fraction of sp³-hybridized carbons (Fsp3) is 0.389. The molecule has 2 rings (SSSR count). The summed E-state index contributed by atoms with van der Waals surface area (Å²) in [5, 5.41) is 9.31. The van der Waals surface area contributed by atoms with E-state index in [1.165, 1.54) is 4.90 Å². The topological polar surface area (TPSA) is 76.1 Å². The van der Waals surface area contributed by atoms with Crippen molar-refractivity contribution in [1.82, 2.24) is 4.90 Å². The number of carbonyl (C=O) groups excluding carboxylic acids is 1. The van der Waals surface area contributed by atoms with Crippen molar-refractivity contribution in [1.29, 1.82) is 0 Å². The van der Waals surface area contributed by atoms with E-state index in [1.54, 1.807) is 25.1 Å². The molecule has 1 unspecified atom stereocenters. The summed E-state index contributed by atoms with van der Waals surface area (Å²) in [5.41, 5.74) is 0.751. The lowest BCUT2D eigenvalue weighted by molar-refractivity contribution is -0.145. The number of aliphatic carboxylic acids is 1. The number of benzene rings is 1. The highest BCUT2D eigenvalue weighted by atomic mass is 32.2. The lowest BCUT2D eigenvalue weighted by Crippen LogP contribution is -2.43. The largest absolute Gasteiger partial charge is 0.490 e. The number of hydrogen-bond donors (Lipinski definition) is 1. The van der Waals surface area contributed by atoms with E-state index in [1.807, 2.05) is 19.9 Å². The summed E-state index contributed by atoms with van der Waals surface area (Å²) < 4.78 is 11.4.